The second kappa shape index (κ2) is 8.29. The van der Waals surface area contributed by atoms with E-state index in [9.17, 15) is 19.2 Å². The minimum absolute atomic E-state index is 0.0386. The fourth-order valence-corrected chi connectivity index (χ4v) is 5.69. The van der Waals surface area contributed by atoms with Crippen molar-refractivity contribution >= 4 is 17.6 Å². The molecule has 8 N–H and O–H groups in total. The van der Waals surface area contributed by atoms with Crippen LogP contribution in [0, 0.1) is 0 Å². The minimum atomic E-state index is -3.96. The Morgan fingerprint density at radius 3 is 1.35 bits per heavy atom. The summed E-state index contributed by atoms with van der Waals surface area (Å²) < 4.78 is 4.74. The molecule has 0 aliphatic carbocycles. The van der Waals surface area contributed by atoms with Gasteiger partial charge in [-0.05, 0) is 38.8 Å². The zero-order chi connectivity index (χ0) is 13.4. The first-order chi connectivity index (χ1) is 7.83. The average molecular weight is 284 g/mol. The largest absolute Gasteiger partial charge is 0.488 e. The van der Waals surface area contributed by atoms with E-state index in [4.69, 9.17) is 15.6 Å². The van der Waals surface area contributed by atoms with Crippen molar-refractivity contribution in [2.45, 2.75) is 37.8 Å². The van der Waals surface area contributed by atoms with Crippen molar-refractivity contribution in [2.75, 3.05) is 13.1 Å². The lowest BCUT2D eigenvalue weighted by Gasteiger charge is -2.25. The smallest absolute Gasteiger partial charge is 0.390 e. The average Bonchev–Trinajstić information content (AvgIpc) is 2.16. The Bertz CT molecular complexity index is 186. The highest BCUT2D eigenvalue weighted by atomic mass is 28.5. The van der Waals surface area contributed by atoms with Crippen molar-refractivity contribution in [3.63, 3.8) is 0 Å². The molecule has 7 nitrogen and oxygen atoms in total. The van der Waals surface area contributed by atoms with Crippen LogP contribution in [0.4, 0.5) is 0 Å². The van der Waals surface area contributed by atoms with Gasteiger partial charge in [0, 0.05) is 12.1 Å². The molecular formula is C8H24N2O5Si2. The first-order valence-electron chi connectivity index (χ1n) is 5.83. The first kappa shape index (κ1) is 17.2. The lowest BCUT2D eigenvalue weighted by Crippen LogP contribution is -2.52. The third kappa shape index (κ3) is 9.82. The summed E-state index contributed by atoms with van der Waals surface area (Å²) in [6.07, 6.45) is 2.31. The van der Waals surface area contributed by atoms with Crippen molar-refractivity contribution in [3.05, 3.63) is 0 Å². The van der Waals surface area contributed by atoms with Crippen LogP contribution in [0.25, 0.3) is 0 Å². The zero-order valence-electron chi connectivity index (χ0n) is 10.0. The van der Waals surface area contributed by atoms with E-state index in [1.807, 2.05) is 0 Å². The van der Waals surface area contributed by atoms with Crippen LogP contribution >= 0.6 is 0 Å². The second-order valence-corrected chi connectivity index (χ2v) is 8.87. The maximum atomic E-state index is 9.55. The van der Waals surface area contributed by atoms with E-state index in [0.717, 1.165) is 0 Å². The molecule has 0 aromatic carbocycles. The summed E-state index contributed by atoms with van der Waals surface area (Å²) >= 11 is 0. The molecule has 0 aliphatic heterocycles. The van der Waals surface area contributed by atoms with E-state index < -0.39 is 17.6 Å². The van der Waals surface area contributed by atoms with E-state index in [1.165, 1.54) is 0 Å². The first-order valence-corrected chi connectivity index (χ1v) is 9.85. The summed E-state index contributed by atoms with van der Waals surface area (Å²) in [5, 5.41) is 0. The molecule has 104 valence electrons. The van der Waals surface area contributed by atoms with Gasteiger partial charge in [-0.15, -0.1) is 0 Å². The van der Waals surface area contributed by atoms with Crippen LogP contribution < -0.4 is 11.5 Å². The second-order valence-electron chi connectivity index (χ2n) is 4.08. The predicted molar refractivity (Wildman–Crippen MR) is 67.7 cm³/mol. The molecule has 0 heterocycles. The Kier molecular flexibility index (Phi) is 8.36. The number of nitrogens with two attached hydrogens (primary N) is 2. The van der Waals surface area contributed by atoms with Crippen molar-refractivity contribution in [1.82, 2.24) is 0 Å². The van der Waals surface area contributed by atoms with E-state index in [1.54, 1.807) is 0 Å². The van der Waals surface area contributed by atoms with Crippen LogP contribution in [-0.2, 0) is 4.12 Å². The quantitative estimate of drug-likeness (QED) is 0.208. The van der Waals surface area contributed by atoms with Crippen molar-refractivity contribution in [3.8, 4) is 0 Å². The summed E-state index contributed by atoms with van der Waals surface area (Å²) in [4.78, 5) is 38.2. The van der Waals surface area contributed by atoms with Crippen LogP contribution in [-0.4, -0.2) is 49.9 Å². The van der Waals surface area contributed by atoms with E-state index in [-0.39, 0.29) is 12.1 Å². The van der Waals surface area contributed by atoms with E-state index in [2.05, 4.69) is 0 Å². The molecule has 0 fully saturated rings. The lowest BCUT2D eigenvalue weighted by molar-refractivity contribution is 0.153. The van der Waals surface area contributed by atoms with Gasteiger partial charge in [0.25, 0.3) is 0 Å². The summed E-state index contributed by atoms with van der Waals surface area (Å²) in [7, 11) is -7.92. The standard InChI is InChI=1S/C8H24N2O5Si2/c9-5-1-3-7-16(11,12)15-17(13,14)8-4-2-6-10/h11-14H,1-10H2. The highest BCUT2D eigenvalue weighted by Gasteiger charge is 2.44. The minimum Gasteiger partial charge on any atom is -0.390 e. The normalized spacial score (nSPS) is 13.1. The number of hydrogen-bond acceptors (Lipinski definition) is 7. The number of unbranched alkanes of at least 4 members (excludes halogenated alkanes) is 2. The third-order valence-electron chi connectivity index (χ3n) is 2.24. The molecule has 17 heavy (non-hydrogen) atoms. The molecule has 0 aliphatic rings. The monoisotopic (exact) mass is 284 g/mol. The summed E-state index contributed by atoms with van der Waals surface area (Å²) in [6.45, 7) is 0.920. The van der Waals surface area contributed by atoms with Gasteiger partial charge in [-0.3, -0.25) is 0 Å². The summed E-state index contributed by atoms with van der Waals surface area (Å²) in [5.74, 6) is 0. The van der Waals surface area contributed by atoms with Crippen molar-refractivity contribution < 1.29 is 23.3 Å². The highest BCUT2D eigenvalue weighted by molar-refractivity contribution is 6.72. The van der Waals surface area contributed by atoms with E-state index >= 15 is 0 Å². The van der Waals surface area contributed by atoms with Crippen LogP contribution in [0.3, 0.4) is 0 Å². The Morgan fingerprint density at radius 1 is 0.706 bits per heavy atom. The van der Waals surface area contributed by atoms with Crippen molar-refractivity contribution in [1.29, 1.82) is 0 Å². The molecule has 0 rings (SSSR count). The molecule has 0 unspecified atom stereocenters. The Hall–Kier alpha value is 0.154. The molecule has 0 spiro atoms. The molecule has 0 radical (unpaired) electrons. The Morgan fingerprint density at radius 2 is 1.06 bits per heavy atom. The van der Waals surface area contributed by atoms with Gasteiger partial charge in [-0.1, -0.05) is 0 Å². The van der Waals surface area contributed by atoms with Gasteiger partial charge in [0.05, 0.1) is 0 Å². The summed E-state index contributed by atoms with van der Waals surface area (Å²) in [5.41, 5.74) is 10.6. The van der Waals surface area contributed by atoms with Crippen LogP contribution in [0.15, 0.2) is 0 Å². The summed E-state index contributed by atoms with van der Waals surface area (Å²) in [6, 6.07) is 0.0773. The van der Waals surface area contributed by atoms with Gasteiger partial charge in [-0.25, -0.2) is 0 Å². The lowest BCUT2D eigenvalue weighted by atomic mass is 10.3. The molecule has 0 aromatic heterocycles. The predicted octanol–water partition coefficient (Wildman–Crippen LogP) is -1.67. The van der Waals surface area contributed by atoms with Gasteiger partial charge in [0.1, 0.15) is 0 Å². The molecule has 0 amide bonds. The van der Waals surface area contributed by atoms with Crippen molar-refractivity contribution in [2.24, 2.45) is 11.5 Å². The molecule has 0 atom stereocenters. The third-order valence-corrected chi connectivity index (χ3v) is 6.87. The topological polar surface area (TPSA) is 142 Å². The fourth-order valence-electron chi connectivity index (χ4n) is 1.36. The zero-order valence-corrected chi connectivity index (χ0v) is 12.0. The number of rotatable bonds is 10. The molecular weight excluding hydrogens is 260 g/mol. The molecule has 0 saturated heterocycles. The molecule has 0 aromatic rings. The van der Waals surface area contributed by atoms with Gasteiger partial charge in [0.2, 0.25) is 0 Å². The van der Waals surface area contributed by atoms with Gasteiger partial charge < -0.3 is 34.8 Å². The van der Waals surface area contributed by atoms with Gasteiger partial charge in [-0.2, -0.15) is 0 Å². The van der Waals surface area contributed by atoms with E-state index in [0.29, 0.717) is 38.8 Å². The molecule has 0 saturated carbocycles. The molecule has 0 bridgehead atoms. The maximum Gasteiger partial charge on any atom is 0.488 e. The SMILES string of the molecule is NCCCC[Si](O)(O)O[Si](O)(O)CCCCN. The van der Waals surface area contributed by atoms with Gasteiger partial charge >= 0.3 is 17.6 Å². The molecule has 9 heteroatoms. The van der Waals surface area contributed by atoms with Gasteiger partial charge in [0.15, 0.2) is 0 Å². The Labute approximate surface area is 104 Å². The fraction of sp³-hybridized carbons (Fsp3) is 1.00. The Balaban J connectivity index is 3.99. The maximum absolute atomic E-state index is 9.55. The van der Waals surface area contributed by atoms with Crippen LogP contribution in [0.1, 0.15) is 25.7 Å². The van der Waals surface area contributed by atoms with Crippen LogP contribution in [0.5, 0.6) is 0 Å². The highest BCUT2D eigenvalue weighted by Crippen LogP contribution is 2.17. The number of hydrogen-bond donors (Lipinski definition) is 6. The van der Waals surface area contributed by atoms with Crippen LogP contribution in [0.2, 0.25) is 12.1 Å².